The molecular weight excluding hydrogens is 318 g/mol. The third-order valence-electron chi connectivity index (χ3n) is 3.73. The van der Waals surface area contributed by atoms with Gasteiger partial charge in [0.05, 0.1) is 19.8 Å². The molecule has 0 fully saturated rings. The molecule has 0 atom stereocenters. The van der Waals surface area contributed by atoms with Crippen LogP contribution in [-0.2, 0) is 6.42 Å². The van der Waals surface area contributed by atoms with Gasteiger partial charge in [-0.2, -0.15) is 0 Å². The fourth-order valence-corrected chi connectivity index (χ4v) is 2.34. The van der Waals surface area contributed by atoms with Crippen molar-refractivity contribution in [3.05, 3.63) is 47.7 Å². The third-order valence-corrected chi connectivity index (χ3v) is 3.73. The van der Waals surface area contributed by atoms with Gasteiger partial charge < -0.3 is 20.1 Å². The lowest BCUT2D eigenvalue weighted by molar-refractivity contribution is 0.0954. The Morgan fingerprint density at radius 3 is 2.52 bits per heavy atom. The lowest BCUT2D eigenvalue weighted by Crippen LogP contribution is -2.25. The fourth-order valence-electron chi connectivity index (χ4n) is 2.34. The number of carbonyl (C=O) groups excluding carboxylic acids is 1. The Bertz CT molecular complexity index is 687. The smallest absolute Gasteiger partial charge is 0.252 e. The first-order valence-electron chi connectivity index (χ1n) is 8.37. The van der Waals surface area contributed by atoms with Crippen LogP contribution in [0.25, 0.3) is 0 Å². The van der Waals surface area contributed by atoms with Crippen LogP contribution in [0.5, 0.6) is 11.5 Å². The van der Waals surface area contributed by atoms with Gasteiger partial charge >= 0.3 is 0 Å². The Morgan fingerprint density at radius 1 is 1.08 bits per heavy atom. The summed E-state index contributed by atoms with van der Waals surface area (Å²) in [6, 6.07) is 9.33. The molecule has 6 nitrogen and oxygen atoms in total. The zero-order valence-corrected chi connectivity index (χ0v) is 15.0. The largest absolute Gasteiger partial charge is 0.493 e. The van der Waals surface area contributed by atoms with Crippen LogP contribution in [0.15, 0.2) is 36.5 Å². The minimum absolute atomic E-state index is 0.130. The molecule has 0 unspecified atom stereocenters. The lowest BCUT2D eigenvalue weighted by Gasteiger charge is -2.10. The van der Waals surface area contributed by atoms with Crippen molar-refractivity contribution < 1.29 is 14.3 Å². The van der Waals surface area contributed by atoms with Gasteiger partial charge in [0.15, 0.2) is 11.5 Å². The van der Waals surface area contributed by atoms with Crippen molar-refractivity contribution in [2.45, 2.75) is 19.8 Å². The molecule has 2 N–H and O–H groups in total. The molecule has 0 aliphatic carbocycles. The predicted octanol–water partition coefficient (Wildman–Crippen LogP) is 2.89. The number of methoxy groups -OCH3 is 2. The second kappa shape index (κ2) is 9.52. The Morgan fingerprint density at radius 2 is 1.88 bits per heavy atom. The van der Waals surface area contributed by atoms with Crippen LogP contribution < -0.4 is 20.1 Å². The monoisotopic (exact) mass is 343 g/mol. The van der Waals surface area contributed by atoms with Crippen LogP contribution in [0.1, 0.15) is 29.3 Å². The zero-order chi connectivity index (χ0) is 18.1. The van der Waals surface area contributed by atoms with E-state index in [2.05, 4.69) is 22.5 Å². The number of pyridine rings is 1. The quantitative estimate of drug-likeness (QED) is 0.732. The van der Waals surface area contributed by atoms with Gasteiger partial charge in [-0.3, -0.25) is 4.79 Å². The second-order valence-electron chi connectivity index (χ2n) is 5.55. The molecule has 0 bridgehead atoms. The first-order chi connectivity index (χ1) is 12.2. The highest BCUT2D eigenvalue weighted by Gasteiger charge is 2.07. The number of amides is 1. The summed E-state index contributed by atoms with van der Waals surface area (Å²) in [6.45, 7) is 3.49. The van der Waals surface area contributed by atoms with E-state index < -0.39 is 0 Å². The van der Waals surface area contributed by atoms with Gasteiger partial charge in [0.2, 0.25) is 0 Å². The highest BCUT2D eigenvalue weighted by molar-refractivity contribution is 5.94. The van der Waals surface area contributed by atoms with Crippen molar-refractivity contribution in [3.8, 4) is 11.5 Å². The summed E-state index contributed by atoms with van der Waals surface area (Å²) < 4.78 is 10.5. The summed E-state index contributed by atoms with van der Waals surface area (Å²) in [5.41, 5.74) is 1.62. The average molecular weight is 343 g/mol. The van der Waals surface area contributed by atoms with Crippen molar-refractivity contribution in [2.75, 3.05) is 32.6 Å². The van der Waals surface area contributed by atoms with Gasteiger partial charge in [0, 0.05) is 19.3 Å². The number of carbonyl (C=O) groups is 1. The molecule has 0 saturated carbocycles. The van der Waals surface area contributed by atoms with Crippen molar-refractivity contribution in [1.82, 2.24) is 10.3 Å². The van der Waals surface area contributed by atoms with Gasteiger partial charge in [-0.15, -0.1) is 0 Å². The minimum atomic E-state index is -0.130. The molecule has 2 rings (SSSR count). The molecule has 0 aliphatic rings. The molecule has 0 aliphatic heterocycles. The molecule has 6 heteroatoms. The molecule has 1 amide bonds. The molecule has 1 heterocycles. The van der Waals surface area contributed by atoms with E-state index in [1.54, 1.807) is 26.5 Å². The second-order valence-corrected chi connectivity index (χ2v) is 5.55. The predicted molar refractivity (Wildman–Crippen MR) is 98.6 cm³/mol. The van der Waals surface area contributed by atoms with Gasteiger partial charge in [0.1, 0.15) is 5.82 Å². The normalized spacial score (nSPS) is 10.2. The lowest BCUT2D eigenvalue weighted by atomic mass is 10.1. The SMILES string of the molecule is CCCNc1ccc(C(=O)NCCc2ccc(OC)c(OC)c2)cn1. The van der Waals surface area contributed by atoms with Crippen molar-refractivity contribution in [2.24, 2.45) is 0 Å². The maximum atomic E-state index is 12.2. The van der Waals surface area contributed by atoms with Crippen molar-refractivity contribution in [1.29, 1.82) is 0 Å². The van der Waals surface area contributed by atoms with Gasteiger partial charge in [-0.1, -0.05) is 13.0 Å². The minimum Gasteiger partial charge on any atom is -0.493 e. The summed E-state index contributed by atoms with van der Waals surface area (Å²) in [4.78, 5) is 16.4. The molecule has 0 radical (unpaired) electrons. The molecule has 0 spiro atoms. The Hall–Kier alpha value is -2.76. The topological polar surface area (TPSA) is 72.5 Å². The first-order valence-corrected chi connectivity index (χ1v) is 8.37. The van der Waals surface area contributed by atoms with Crippen LogP contribution in [0.2, 0.25) is 0 Å². The van der Waals surface area contributed by atoms with E-state index in [-0.39, 0.29) is 5.91 Å². The maximum absolute atomic E-state index is 12.2. The fraction of sp³-hybridized carbons (Fsp3) is 0.368. The molecule has 134 valence electrons. The summed E-state index contributed by atoms with van der Waals surface area (Å²) in [5, 5.41) is 6.09. The highest BCUT2D eigenvalue weighted by atomic mass is 16.5. The van der Waals surface area contributed by atoms with Crippen LogP contribution in [0.3, 0.4) is 0 Å². The van der Waals surface area contributed by atoms with E-state index in [0.29, 0.717) is 30.0 Å². The van der Waals surface area contributed by atoms with Gasteiger partial charge in [-0.25, -0.2) is 4.98 Å². The van der Waals surface area contributed by atoms with E-state index in [1.807, 2.05) is 24.3 Å². The van der Waals surface area contributed by atoms with Crippen LogP contribution in [0.4, 0.5) is 5.82 Å². The number of hydrogen-bond acceptors (Lipinski definition) is 5. The van der Waals surface area contributed by atoms with E-state index >= 15 is 0 Å². The summed E-state index contributed by atoms with van der Waals surface area (Å²) in [6.07, 6.45) is 3.32. The molecule has 1 aromatic heterocycles. The number of hydrogen-bond donors (Lipinski definition) is 2. The molecule has 25 heavy (non-hydrogen) atoms. The first kappa shape index (κ1) is 18.6. The number of aromatic nitrogens is 1. The summed E-state index contributed by atoms with van der Waals surface area (Å²) in [7, 11) is 3.21. The van der Waals surface area contributed by atoms with Gasteiger partial charge in [-0.05, 0) is 42.7 Å². The van der Waals surface area contributed by atoms with E-state index in [1.165, 1.54) is 0 Å². The zero-order valence-electron chi connectivity index (χ0n) is 15.0. The van der Waals surface area contributed by atoms with Crippen LogP contribution in [0, 0.1) is 0 Å². The number of anilines is 1. The average Bonchev–Trinajstić information content (AvgIpc) is 2.66. The molecular formula is C19H25N3O3. The summed E-state index contributed by atoms with van der Waals surface area (Å²) >= 11 is 0. The number of benzene rings is 1. The van der Waals surface area contributed by atoms with Crippen molar-refractivity contribution >= 4 is 11.7 Å². The van der Waals surface area contributed by atoms with Gasteiger partial charge in [0.25, 0.3) is 5.91 Å². The maximum Gasteiger partial charge on any atom is 0.252 e. The third kappa shape index (κ3) is 5.38. The Labute approximate surface area is 148 Å². The van der Waals surface area contributed by atoms with Crippen LogP contribution >= 0.6 is 0 Å². The number of rotatable bonds is 9. The van der Waals surface area contributed by atoms with Crippen molar-refractivity contribution in [3.63, 3.8) is 0 Å². The molecule has 2 aromatic rings. The number of nitrogens with one attached hydrogen (secondary N) is 2. The number of ether oxygens (including phenoxy) is 2. The van der Waals surface area contributed by atoms with Crippen LogP contribution in [-0.4, -0.2) is 38.2 Å². The Balaban J connectivity index is 1.85. The molecule has 0 saturated heterocycles. The number of nitrogens with zero attached hydrogens (tertiary/aromatic N) is 1. The van der Waals surface area contributed by atoms with E-state index in [0.717, 1.165) is 24.3 Å². The Kier molecular flexibility index (Phi) is 7.07. The standard InChI is InChI=1S/C19H25N3O3/c1-4-10-20-18-8-6-15(13-22-18)19(23)21-11-9-14-5-7-16(24-2)17(12-14)25-3/h5-8,12-13H,4,9-11H2,1-3H3,(H,20,22)(H,21,23). The van der Waals surface area contributed by atoms with E-state index in [4.69, 9.17) is 9.47 Å². The summed E-state index contributed by atoms with van der Waals surface area (Å²) in [5.74, 6) is 2.03. The highest BCUT2D eigenvalue weighted by Crippen LogP contribution is 2.27. The molecule has 1 aromatic carbocycles. The van der Waals surface area contributed by atoms with E-state index in [9.17, 15) is 4.79 Å².